The molecule has 5 nitrogen and oxygen atoms in total. The molecule has 0 bridgehead atoms. The van der Waals surface area contributed by atoms with Crippen LogP contribution in [0.5, 0.6) is 0 Å². The van der Waals surface area contributed by atoms with Crippen molar-refractivity contribution < 1.29 is 14.1 Å². The molecule has 27 heavy (non-hydrogen) atoms. The molecule has 142 valence electrons. The van der Waals surface area contributed by atoms with Gasteiger partial charge in [0.25, 0.3) is 5.91 Å². The van der Waals surface area contributed by atoms with E-state index in [2.05, 4.69) is 34.5 Å². The lowest BCUT2D eigenvalue weighted by molar-refractivity contribution is -0.885. The highest BCUT2D eigenvalue weighted by Gasteiger charge is 2.17. The zero-order valence-electron chi connectivity index (χ0n) is 16.5. The molecule has 1 heterocycles. The van der Waals surface area contributed by atoms with Crippen molar-refractivity contribution in [3.8, 4) is 0 Å². The van der Waals surface area contributed by atoms with Gasteiger partial charge < -0.3 is 19.5 Å². The number of amides is 1. The van der Waals surface area contributed by atoms with Crippen LogP contribution in [0, 0.1) is 0 Å². The molecule has 2 atom stereocenters. The molecule has 0 saturated carbocycles. The number of para-hydroxylation sites is 1. The van der Waals surface area contributed by atoms with E-state index in [1.807, 2.05) is 58.4 Å². The number of carbonyl (C=O) groups is 1. The summed E-state index contributed by atoms with van der Waals surface area (Å²) >= 11 is 0. The number of rotatable bonds is 7. The summed E-state index contributed by atoms with van der Waals surface area (Å²) in [6, 6.07) is 18.2. The van der Waals surface area contributed by atoms with Crippen LogP contribution in [0.25, 0.3) is 11.0 Å². The first-order chi connectivity index (χ1) is 12.9. The Balaban J connectivity index is 1.53. The van der Waals surface area contributed by atoms with Gasteiger partial charge in [-0.3, -0.25) is 4.79 Å². The Labute approximate surface area is 160 Å². The van der Waals surface area contributed by atoms with Crippen LogP contribution in [0.3, 0.4) is 0 Å². The summed E-state index contributed by atoms with van der Waals surface area (Å²) in [6.07, 6.45) is 0. The molecular formula is C22H28N3O2+. The Morgan fingerprint density at radius 1 is 1.15 bits per heavy atom. The summed E-state index contributed by atoms with van der Waals surface area (Å²) in [5, 5.41) is 4.09. The van der Waals surface area contributed by atoms with E-state index < -0.39 is 0 Å². The van der Waals surface area contributed by atoms with Gasteiger partial charge in [0.15, 0.2) is 6.54 Å². The van der Waals surface area contributed by atoms with Gasteiger partial charge in [-0.15, -0.1) is 0 Å². The molecule has 0 aliphatic heterocycles. The second kappa shape index (κ2) is 8.27. The summed E-state index contributed by atoms with van der Waals surface area (Å²) < 4.78 is 5.84. The number of hydrogen-bond donors (Lipinski definition) is 2. The highest BCUT2D eigenvalue weighted by atomic mass is 16.3. The number of hydrogen-bond acceptors (Lipinski definition) is 3. The molecule has 1 amide bonds. The van der Waals surface area contributed by atoms with Gasteiger partial charge in [-0.25, -0.2) is 0 Å². The van der Waals surface area contributed by atoms with Crippen molar-refractivity contribution in [2.75, 3.05) is 32.6 Å². The molecule has 0 aliphatic carbocycles. The number of nitrogens with zero attached hydrogens (tertiary/aromatic N) is 1. The van der Waals surface area contributed by atoms with Crippen LogP contribution in [0.1, 0.15) is 24.3 Å². The van der Waals surface area contributed by atoms with Crippen molar-refractivity contribution in [1.29, 1.82) is 0 Å². The van der Waals surface area contributed by atoms with Crippen LogP contribution in [0.2, 0.25) is 0 Å². The second-order valence-electron chi connectivity index (χ2n) is 7.35. The van der Waals surface area contributed by atoms with Gasteiger partial charge in [0.1, 0.15) is 17.9 Å². The zero-order chi connectivity index (χ0) is 19.4. The van der Waals surface area contributed by atoms with Gasteiger partial charge in [-0.05, 0) is 31.2 Å². The van der Waals surface area contributed by atoms with Gasteiger partial charge in [0.2, 0.25) is 0 Å². The Morgan fingerprint density at radius 2 is 1.85 bits per heavy atom. The van der Waals surface area contributed by atoms with E-state index in [-0.39, 0.29) is 11.9 Å². The van der Waals surface area contributed by atoms with Gasteiger partial charge in [-0.1, -0.05) is 30.3 Å². The molecule has 0 fully saturated rings. The van der Waals surface area contributed by atoms with Crippen molar-refractivity contribution in [3.05, 3.63) is 65.9 Å². The predicted octanol–water partition coefficient (Wildman–Crippen LogP) is 2.39. The third-order valence-corrected chi connectivity index (χ3v) is 4.67. The van der Waals surface area contributed by atoms with Crippen LogP contribution in [0.4, 0.5) is 5.69 Å². The Bertz CT molecular complexity index is 866. The normalized spacial score (nSPS) is 13.3. The summed E-state index contributed by atoms with van der Waals surface area (Å²) in [4.78, 5) is 15.6. The third-order valence-electron chi connectivity index (χ3n) is 4.67. The fourth-order valence-corrected chi connectivity index (χ4v) is 3.18. The number of carbonyl (C=O) groups excluding carboxylic acids is 1. The molecule has 0 saturated heterocycles. The molecule has 3 aromatic rings. The van der Waals surface area contributed by atoms with Crippen molar-refractivity contribution >= 4 is 22.6 Å². The lowest BCUT2D eigenvalue weighted by Gasteiger charge is -2.17. The van der Waals surface area contributed by atoms with Crippen molar-refractivity contribution in [1.82, 2.24) is 5.32 Å². The molecule has 1 aromatic heterocycles. The van der Waals surface area contributed by atoms with E-state index in [0.29, 0.717) is 6.54 Å². The van der Waals surface area contributed by atoms with Crippen molar-refractivity contribution in [3.63, 3.8) is 0 Å². The Morgan fingerprint density at radius 3 is 2.52 bits per heavy atom. The molecule has 2 aromatic carbocycles. The van der Waals surface area contributed by atoms with E-state index in [0.717, 1.165) is 28.2 Å². The minimum atomic E-state index is -0.155. The highest BCUT2D eigenvalue weighted by molar-refractivity contribution is 5.79. The van der Waals surface area contributed by atoms with Crippen LogP contribution in [0.15, 0.2) is 59.0 Å². The van der Waals surface area contributed by atoms with E-state index in [1.54, 1.807) is 0 Å². The van der Waals surface area contributed by atoms with Crippen molar-refractivity contribution in [2.45, 2.75) is 19.5 Å². The maximum absolute atomic E-state index is 12.4. The lowest BCUT2D eigenvalue weighted by atomic mass is 10.2. The minimum Gasteiger partial charge on any atom is -0.459 e. The van der Waals surface area contributed by atoms with Gasteiger partial charge in [0, 0.05) is 30.7 Å². The largest absolute Gasteiger partial charge is 0.459 e. The molecule has 5 heteroatoms. The van der Waals surface area contributed by atoms with Gasteiger partial charge in [-0.2, -0.15) is 0 Å². The Hall–Kier alpha value is -2.79. The predicted molar refractivity (Wildman–Crippen MR) is 109 cm³/mol. The topological polar surface area (TPSA) is 49.9 Å². The fraction of sp³-hybridized carbons (Fsp3) is 0.318. The first-order valence-electron chi connectivity index (χ1n) is 9.28. The van der Waals surface area contributed by atoms with E-state index in [1.165, 1.54) is 11.3 Å². The van der Waals surface area contributed by atoms with Crippen molar-refractivity contribution in [2.24, 2.45) is 0 Å². The first-order valence-corrected chi connectivity index (χ1v) is 9.28. The number of likely N-dealkylation sites (N-methyl/N-ethyl adjacent to an activating group) is 1. The second-order valence-corrected chi connectivity index (χ2v) is 7.35. The highest BCUT2D eigenvalue weighted by Crippen LogP contribution is 2.23. The minimum absolute atomic E-state index is 0.0189. The van der Waals surface area contributed by atoms with Crippen LogP contribution in [-0.2, 0) is 11.3 Å². The fourth-order valence-electron chi connectivity index (χ4n) is 3.18. The lowest BCUT2D eigenvalue weighted by Crippen LogP contribution is -3.08. The van der Waals surface area contributed by atoms with E-state index in [4.69, 9.17) is 4.42 Å². The third kappa shape index (κ3) is 4.89. The average Bonchev–Trinajstić information content (AvgIpc) is 3.06. The number of furan rings is 1. The smallest absolute Gasteiger partial charge is 0.275 e. The number of benzene rings is 2. The molecule has 3 rings (SSSR count). The molecule has 0 radical (unpaired) electrons. The van der Waals surface area contributed by atoms with Crippen LogP contribution < -0.4 is 15.1 Å². The number of fused-ring (bicyclic) bond motifs is 1. The molecule has 0 aliphatic rings. The molecular weight excluding hydrogens is 338 g/mol. The van der Waals surface area contributed by atoms with Gasteiger partial charge >= 0.3 is 0 Å². The zero-order valence-corrected chi connectivity index (χ0v) is 16.5. The SMILES string of the molecule is C[C@H](NC(=O)C[NH+](C)Cc1ccc(N(C)C)cc1)c1cc2ccccc2o1. The maximum atomic E-state index is 12.4. The van der Waals surface area contributed by atoms with E-state index in [9.17, 15) is 4.79 Å². The summed E-state index contributed by atoms with van der Waals surface area (Å²) in [7, 11) is 6.09. The summed E-state index contributed by atoms with van der Waals surface area (Å²) in [6.45, 7) is 3.17. The number of quaternary nitrogens is 1. The number of nitrogens with one attached hydrogen (secondary N) is 2. The van der Waals surface area contributed by atoms with Crippen LogP contribution >= 0.6 is 0 Å². The summed E-state index contributed by atoms with van der Waals surface area (Å²) in [5.41, 5.74) is 3.24. The Kier molecular flexibility index (Phi) is 5.81. The molecule has 2 N–H and O–H groups in total. The maximum Gasteiger partial charge on any atom is 0.275 e. The standard InChI is InChI=1S/C22H27N3O2/c1-16(21-13-18-7-5-6-8-20(18)27-21)23-22(26)15-25(4)14-17-9-11-19(12-10-17)24(2)3/h5-13,16H,14-15H2,1-4H3,(H,23,26)/p+1/t16-/m0/s1. The first kappa shape index (κ1) is 19.0. The van der Waals surface area contributed by atoms with Gasteiger partial charge in [0.05, 0.1) is 13.1 Å². The van der Waals surface area contributed by atoms with Crippen LogP contribution in [-0.4, -0.2) is 33.6 Å². The van der Waals surface area contributed by atoms with E-state index >= 15 is 0 Å². The number of anilines is 1. The molecule has 1 unspecified atom stereocenters. The quantitative estimate of drug-likeness (QED) is 0.675. The summed E-state index contributed by atoms with van der Waals surface area (Å²) in [5.74, 6) is 0.798. The monoisotopic (exact) mass is 366 g/mol. The molecule has 0 spiro atoms. The average molecular weight is 366 g/mol.